The Kier molecular flexibility index (Phi) is 3.53. The van der Waals surface area contributed by atoms with Gasteiger partial charge < -0.3 is 5.32 Å². The third-order valence-electron chi connectivity index (χ3n) is 2.63. The number of nitrogens with one attached hydrogen (secondary N) is 1. The van der Waals surface area contributed by atoms with Gasteiger partial charge in [-0.1, -0.05) is 0 Å². The highest BCUT2D eigenvalue weighted by Crippen LogP contribution is 2.18. The SMILES string of the molecule is CC(C)N1C[C@@H](F)[C@H](NC(C)(C)C)C1. The third kappa shape index (κ3) is 3.21. The Morgan fingerprint density at radius 1 is 1.29 bits per heavy atom. The molecule has 1 rings (SSSR count). The molecule has 1 aliphatic rings. The van der Waals surface area contributed by atoms with Crippen LogP contribution >= 0.6 is 0 Å². The zero-order chi connectivity index (χ0) is 10.9. The van der Waals surface area contributed by atoms with Crippen LogP contribution in [-0.4, -0.2) is 41.8 Å². The number of hydrogen-bond donors (Lipinski definition) is 1. The van der Waals surface area contributed by atoms with Crippen LogP contribution in [0.3, 0.4) is 0 Å². The van der Waals surface area contributed by atoms with E-state index < -0.39 is 6.17 Å². The zero-order valence-corrected chi connectivity index (χ0v) is 9.97. The highest BCUT2D eigenvalue weighted by atomic mass is 19.1. The summed E-state index contributed by atoms with van der Waals surface area (Å²) in [5.41, 5.74) is 0.00198. The lowest BCUT2D eigenvalue weighted by Gasteiger charge is -2.27. The molecule has 0 bridgehead atoms. The van der Waals surface area contributed by atoms with Crippen molar-refractivity contribution in [3.8, 4) is 0 Å². The van der Waals surface area contributed by atoms with Crippen LogP contribution in [0.4, 0.5) is 4.39 Å². The quantitative estimate of drug-likeness (QED) is 0.734. The van der Waals surface area contributed by atoms with Crippen LogP contribution in [0, 0.1) is 0 Å². The maximum absolute atomic E-state index is 13.6. The summed E-state index contributed by atoms with van der Waals surface area (Å²) in [6.07, 6.45) is -0.725. The molecule has 1 saturated heterocycles. The molecule has 1 fully saturated rings. The molecule has 84 valence electrons. The number of nitrogens with zero attached hydrogens (tertiary/aromatic N) is 1. The first-order valence-corrected chi connectivity index (χ1v) is 5.45. The molecule has 0 amide bonds. The highest BCUT2D eigenvalue weighted by molar-refractivity contribution is 4.93. The summed E-state index contributed by atoms with van der Waals surface area (Å²) in [5, 5.41) is 3.34. The fraction of sp³-hybridized carbons (Fsp3) is 1.00. The van der Waals surface area contributed by atoms with E-state index in [1.807, 2.05) is 0 Å². The minimum Gasteiger partial charge on any atom is -0.305 e. The largest absolute Gasteiger partial charge is 0.305 e. The van der Waals surface area contributed by atoms with Crippen molar-refractivity contribution in [2.45, 2.75) is 58.4 Å². The van der Waals surface area contributed by atoms with E-state index in [9.17, 15) is 4.39 Å². The Labute approximate surface area is 86.9 Å². The molecule has 0 aromatic rings. The summed E-state index contributed by atoms with van der Waals surface area (Å²) in [6, 6.07) is 0.442. The van der Waals surface area contributed by atoms with Crippen molar-refractivity contribution in [3.05, 3.63) is 0 Å². The molecule has 2 nitrogen and oxygen atoms in total. The summed E-state index contributed by atoms with van der Waals surface area (Å²) in [7, 11) is 0. The van der Waals surface area contributed by atoms with Gasteiger partial charge in [0.1, 0.15) is 6.17 Å². The van der Waals surface area contributed by atoms with Gasteiger partial charge in [-0.25, -0.2) is 4.39 Å². The van der Waals surface area contributed by atoms with Gasteiger partial charge in [0.25, 0.3) is 0 Å². The molecule has 0 saturated carbocycles. The van der Waals surface area contributed by atoms with E-state index >= 15 is 0 Å². The van der Waals surface area contributed by atoms with Crippen molar-refractivity contribution < 1.29 is 4.39 Å². The smallest absolute Gasteiger partial charge is 0.129 e. The first-order chi connectivity index (χ1) is 6.29. The molecule has 1 heterocycles. The fourth-order valence-electron chi connectivity index (χ4n) is 1.91. The van der Waals surface area contributed by atoms with Crippen LogP contribution in [0.25, 0.3) is 0 Å². The van der Waals surface area contributed by atoms with Crippen molar-refractivity contribution in [2.24, 2.45) is 0 Å². The van der Waals surface area contributed by atoms with E-state index in [0.717, 1.165) is 6.54 Å². The van der Waals surface area contributed by atoms with Crippen molar-refractivity contribution in [3.63, 3.8) is 0 Å². The molecule has 1 N–H and O–H groups in total. The summed E-state index contributed by atoms with van der Waals surface area (Å²) in [6.45, 7) is 11.9. The highest BCUT2D eigenvalue weighted by Gasteiger charge is 2.35. The molecule has 0 aromatic heterocycles. The maximum Gasteiger partial charge on any atom is 0.129 e. The molecule has 0 unspecified atom stereocenters. The Morgan fingerprint density at radius 2 is 1.86 bits per heavy atom. The molecule has 0 aromatic carbocycles. The lowest BCUT2D eigenvalue weighted by Crippen LogP contribution is -2.48. The van der Waals surface area contributed by atoms with Gasteiger partial charge >= 0.3 is 0 Å². The number of rotatable bonds is 2. The zero-order valence-electron chi connectivity index (χ0n) is 9.97. The van der Waals surface area contributed by atoms with E-state index in [1.165, 1.54) is 0 Å². The van der Waals surface area contributed by atoms with Gasteiger partial charge in [0, 0.05) is 24.7 Å². The monoisotopic (exact) mass is 202 g/mol. The van der Waals surface area contributed by atoms with Gasteiger partial charge in [-0.3, -0.25) is 4.90 Å². The Hall–Kier alpha value is -0.150. The summed E-state index contributed by atoms with van der Waals surface area (Å²) in [4.78, 5) is 2.19. The maximum atomic E-state index is 13.6. The second-order valence-electron chi connectivity index (χ2n) is 5.56. The van der Waals surface area contributed by atoms with Gasteiger partial charge in [0.05, 0.1) is 6.04 Å². The standard InChI is InChI=1S/C11H23FN2/c1-8(2)14-6-9(12)10(7-14)13-11(3,4)5/h8-10,13H,6-7H2,1-5H3/t9-,10-/m1/s1. The van der Waals surface area contributed by atoms with Crippen molar-refractivity contribution in [1.82, 2.24) is 10.2 Å². The van der Waals surface area contributed by atoms with Crippen LogP contribution in [-0.2, 0) is 0 Å². The molecule has 2 atom stereocenters. The summed E-state index contributed by atoms with van der Waals surface area (Å²) in [5.74, 6) is 0. The molecule has 0 spiro atoms. The fourth-order valence-corrected chi connectivity index (χ4v) is 1.91. The van der Waals surface area contributed by atoms with Gasteiger partial charge in [-0.05, 0) is 34.6 Å². The molecule has 0 radical (unpaired) electrons. The Balaban J connectivity index is 2.49. The number of alkyl halides is 1. The van der Waals surface area contributed by atoms with Crippen molar-refractivity contribution in [2.75, 3.05) is 13.1 Å². The van der Waals surface area contributed by atoms with E-state index in [-0.39, 0.29) is 11.6 Å². The van der Waals surface area contributed by atoms with Crippen LogP contribution in [0.1, 0.15) is 34.6 Å². The van der Waals surface area contributed by atoms with E-state index in [0.29, 0.717) is 12.6 Å². The molecule has 14 heavy (non-hydrogen) atoms. The Bertz CT molecular complexity index is 186. The summed E-state index contributed by atoms with van der Waals surface area (Å²) < 4.78 is 13.6. The molecular formula is C11H23FN2. The minimum absolute atomic E-state index is 0.00198. The van der Waals surface area contributed by atoms with Crippen LogP contribution < -0.4 is 5.32 Å². The number of likely N-dealkylation sites (tertiary alicyclic amines) is 1. The average molecular weight is 202 g/mol. The molecular weight excluding hydrogens is 179 g/mol. The van der Waals surface area contributed by atoms with Crippen molar-refractivity contribution >= 4 is 0 Å². The third-order valence-corrected chi connectivity index (χ3v) is 2.63. The van der Waals surface area contributed by atoms with Crippen molar-refractivity contribution in [1.29, 1.82) is 0 Å². The van der Waals surface area contributed by atoms with E-state index in [1.54, 1.807) is 0 Å². The number of halogens is 1. The lowest BCUT2D eigenvalue weighted by molar-refractivity contribution is 0.243. The average Bonchev–Trinajstić information content (AvgIpc) is 2.29. The predicted octanol–water partition coefficient (Wildman–Crippen LogP) is 1.81. The first kappa shape index (κ1) is 11.9. The van der Waals surface area contributed by atoms with Gasteiger partial charge in [0.2, 0.25) is 0 Å². The van der Waals surface area contributed by atoms with Gasteiger partial charge in [0.15, 0.2) is 0 Å². The van der Waals surface area contributed by atoms with Crippen LogP contribution in [0.2, 0.25) is 0 Å². The molecule has 3 heteroatoms. The lowest BCUT2D eigenvalue weighted by atomic mass is 10.1. The van der Waals surface area contributed by atoms with Gasteiger partial charge in [-0.15, -0.1) is 0 Å². The Morgan fingerprint density at radius 3 is 2.21 bits per heavy atom. The van der Waals surface area contributed by atoms with Gasteiger partial charge in [-0.2, -0.15) is 0 Å². The van der Waals surface area contributed by atoms with Crippen LogP contribution in [0.15, 0.2) is 0 Å². The predicted molar refractivity (Wildman–Crippen MR) is 58.3 cm³/mol. The van der Waals surface area contributed by atoms with E-state index in [4.69, 9.17) is 0 Å². The normalized spacial score (nSPS) is 30.2. The van der Waals surface area contributed by atoms with Crippen LogP contribution in [0.5, 0.6) is 0 Å². The summed E-state index contributed by atoms with van der Waals surface area (Å²) >= 11 is 0. The van der Waals surface area contributed by atoms with E-state index in [2.05, 4.69) is 44.8 Å². The second-order valence-corrected chi connectivity index (χ2v) is 5.56. The second kappa shape index (κ2) is 4.15. The first-order valence-electron chi connectivity index (χ1n) is 5.45. The minimum atomic E-state index is -0.725. The topological polar surface area (TPSA) is 15.3 Å². The molecule has 0 aliphatic carbocycles. The molecule has 1 aliphatic heterocycles. The number of hydrogen-bond acceptors (Lipinski definition) is 2.